The van der Waals surface area contributed by atoms with E-state index >= 15 is 0 Å². The SMILES string of the molecule is C=C[Si](C)(C)O[Si](CC)(CC)CC. The summed E-state index contributed by atoms with van der Waals surface area (Å²) in [5.41, 5.74) is 2.05. The summed E-state index contributed by atoms with van der Waals surface area (Å²) in [4.78, 5) is 0. The van der Waals surface area contributed by atoms with Gasteiger partial charge >= 0.3 is 0 Å². The molecule has 0 aliphatic carbocycles. The molecule has 0 amide bonds. The predicted octanol–water partition coefficient (Wildman–Crippen LogP) is 3.94. The number of rotatable bonds is 6. The van der Waals surface area contributed by atoms with E-state index < -0.39 is 16.6 Å². The van der Waals surface area contributed by atoms with Crippen molar-refractivity contribution in [3.63, 3.8) is 0 Å². The van der Waals surface area contributed by atoms with Gasteiger partial charge in [0.2, 0.25) is 0 Å². The van der Waals surface area contributed by atoms with Crippen molar-refractivity contribution >= 4 is 16.6 Å². The van der Waals surface area contributed by atoms with Crippen LogP contribution in [0.15, 0.2) is 12.3 Å². The Morgan fingerprint density at radius 2 is 1.46 bits per heavy atom. The van der Waals surface area contributed by atoms with Gasteiger partial charge in [-0.2, -0.15) is 0 Å². The molecular formula is C10H24OSi2. The quantitative estimate of drug-likeness (QED) is 0.611. The third-order valence-electron chi connectivity index (χ3n) is 2.90. The van der Waals surface area contributed by atoms with Crippen LogP contribution in [-0.4, -0.2) is 16.6 Å². The van der Waals surface area contributed by atoms with Crippen LogP contribution in [-0.2, 0) is 4.12 Å². The molecule has 0 aromatic heterocycles. The van der Waals surface area contributed by atoms with Crippen LogP contribution in [0.25, 0.3) is 0 Å². The first-order valence-electron chi connectivity index (χ1n) is 5.29. The van der Waals surface area contributed by atoms with E-state index in [0.29, 0.717) is 0 Å². The molecule has 1 nitrogen and oxygen atoms in total. The molecule has 0 aliphatic rings. The van der Waals surface area contributed by atoms with E-state index in [-0.39, 0.29) is 0 Å². The summed E-state index contributed by atoms with van der Waals surface area (Å²) in [5, 5.41) is 0. The van der Waals surface area contributed by atoms with E-state index in [1.165, 1.54) is 18.1 Å². The Hall–Kier alpha value is 0.134. The maximum absolute atomic E-state index is 6.38. The lowest BCUT2D eigenvalue weighted by atomic mass is 10.9. The minimum Gasteiger partial charge on any atom is -0.452 e. The van der Waals surface area contributed by atoms with Crippen LogP contribution in [0.1, 0.15) is 20.8 Å². The summed E-state index contributed by atoms with van der Waals surface area (Å²) in [6.45, 7) is 15.2. The third kappa shape index (κ3) is 3.79. The lowest BCUT2D eigenvalue weighted by Crippen LogP contribution is -2.46. The van der Waals surface area contributed by atoms with Crippen molar-refractivity contribution in [2.45, 2.75) is 52.0 Å². The van der Waals surface area contributed by atoms with E-state index in [1.54, 1.807) is 0 Å². The Morgan fingerprint density at radius 3 is 1.69 bits per heavy atom. The van der Waals surface area contributed by atoms with E-state index in [2.05, 4.69) is 46.1 Å². The van der Waals surface area contributed by atoms with Gasteiger partial charge in [0, 0.05) is 0 Å². The second-order valence-corrected chi connectivity index (χ2v) is 13.1. The summed E-state index contributed by atoms with van der Waals surface area (Å²) >= 11 is 0. The van der Waals surface area contributed by atoms with Crippen LogP contribution in [0.4, 0.5) is 0 Å². The van der Waals surface area contributed by atoms with Crippen molar-refractivity contribution in [2.24, 2.45) is 0 Å². The maximum Gasteiger partial charge on any atom is 0.198 e. The molecular weight excluding hydrogens is 192 g/mol. The highest BCUT2D eigenvalue weighted by atomic mass is 28.4. The summed E-state index contributed by atoms with van der Waals surface area (Å²) < 4.78 is 6.38. The summed E-state index contributed by atoms with van der Waals surface area (Å²) in [7, 11) is -2.93. The Labute approximate surface area is 85.5 Å². The first kappa shape index (κ1) is 13.1. The molecule has 0 unspecified atom stereocenters. The van der Waals surface area contributed by atoms with Crippen LogP contribution in [0, 0.1) is 0 Å². The fourth-order valence-corrected chi connectivity index (χ4v) is 9.60. The van der Waals surface area contributed by atoms with Gasteiger partial charge in [-0.3, -0.25) is 0 Å². The molecule has 0 rings (SSSR count). The van der Waals surface area contributed by atoms with Gasteiger partial charge < -0.3 is 4.12 Å². The van der Waals surface area contributed by atoms with Crippen molar-refractivity contribution < 1.29 is 4.12 Å². The molecule has 0 bridgehead atoms. The zero-order valence-electron chi connectivity index (χ0n) is 9.81. The Bertz CT molecular complexity index is 154. The molecule has 3 heteroatoms. The van der Waals surface area contributed by atoms with Gasteiger partial charge in [0.05, 0.1) is 0 Å². The first-order chi connectivity index (χ1) is 5.95. The van der Waals surface area contributed by atoms with Crippen LogP contribution in [0.2, 0.25) is 31.2 Å². The van der Waals surface area contributed by atoms with Crippen LogP contribution < -0.4 is 0 Å². The maximum atomic E-state index is 6.38. The highest BCUT2D eigenvalue weighted by molar-refractivity contribution is 6.88. The third-order valence-corrected chi connectivity index (χ3v) is 11.6. The van der Waals surface area contributed by atoms with Crippen molar-refractivity contribution in [1.29, 1.82) is 0 Å². The van der Waals surface area contributed by atoms with Gasteiger partial charge in [-0.05, 0) is 31.2 Å². The topological polar surface area (TPSA) is 9.23 Å². The van der Waals surface area contributed by atoms with E-state index in [1.807, 2.05) is 0 Å². The molecule has 0 spiro atoms. The molecule has 0 fully saturated rings. The summed E-state index contributed by atoms with van der Waals surface area (Å²) in [6.07, 6.45) is 0. The highest BCUT2D eigenvalue weighted by Gasteiger charge is 2.34. The number of hydrogen-bond acceptors (Lipinski definition) is 1. The first-order valence-corrected chi connectivity index (χ1v) is 10.8. The van der Waals surface area contributed by atoms with Gasteiger partial charge in [0.1, 0.15) is 0 Å². The molecule has 78 valence electrons. The Morgan fingerprint density at radius 1 is 1.08 bits per heavy atom. The van der Waals surface area contributed by atoms with E-state index in [0.717, 1.165) is 0 Å². The Balaban J connectivity index is 4.50. The van der Waals surface area contributed by atoms with Crippen molar-refractivity contribution in [2.75, 3.05) is 0 Å². The molecule has 0 radical (unpaired) electrons. The van der Waals surface area contributed by atoms with Crippen molar-refractivity contribution in [1.82, 2.24) is 0 Å². The lowest BCUT2D eigenvalue weighted by Gasteiger charge is -2.35. The zero-order chi connectivity index (χ0) is 10.5. The lowest BCUT2D eigenvalue weighted by molar-refractivity contribution is 0.538. The second kappa shape index (κ2) is 5.12. The molecule has 0 heterocycles. The fraction of sp³-hybridized carbons (Fsp3) is 0.800. The molecule has 13 heavy (non-hydrogen) atoms. The second-order valence-electron chi connectivity index (χ2n) is 4.15. The Kier molecular flexibility index (Phi) is 5.18. The fourth-order valence-electron chi connectivity index (χ4n) is 1.57. The smallest absolute Gasteiger partial charge is 0.198 e. The van der Waals surface area contributed by atoms with Crippen LogP contribution in [0.5, 0.6) is 0 Å². The van der Waals surface area contributed by atoms with Gasteiger partial charge in [0.25, 0.3) is 0 Å². The largest absolute Gasteiger partial charge is 0.452 e. The van der Waals surface area contributed by atoms with Crippen LogP contribution in [0.3, 0.4) is 0 Å². The van der Waals surface area contributed by atoms with Crippen molar-refractivity contribution in [3.8, 4) is 0 Å². The minimum absolute atomic E-state index is 1.24. The molecule has 0 aromatic rings. The van der Waals surface area contributed by atoms with Gasteiger partial charge in [-0.25, -0.2) is 0 Å². The highest BCUT2D eigenvalue weighted by Crippen LogP contribution is 2.26. The number of hydrogen-bond donors (Lipinski definition) is 0. The molecule has 0 atom stereocenters. The molecule has 0 aliphatic heterocycles. The zero-order valence-corrected chi connectivity index (χ0v) is 11.8. The normalized spacial score (nSPS) is 13.0. The van der Waals surface area contributed by atoms with Gasteiger partial charge in [-0.15, -0.1) is 6.58 Å². The minimum atomic E-state index is -1.55. The summed E-state index contributed by atoms with van der Waals surface area (Å²) in [5.74, 6) is 0. The average molecular weight is 216 g/mol. The van der Waals surface area contributed by atoms with Gasteiger partial charge in [-0.1, -0.05) is 26.5 Å². The predicted molar refractivity (Wildman–Crippen MR) is 66.0 cm³/mol. The van der Waals surface area contributed by atoms with Crippen LogP contribution >= 0.6 is 0 Å². The molecule has 0 aromatic carbocycles. The summed E-state index contributed by atoms with van der Waals surface area (Å²) in [6, 6.07) is 3.72. The van der Waals surface area contributed by atoms with E-state index in [4.69, 9.17) is 4.12 Å². The van der Waals surface area contributed by atoms with Crippen molar-refractivity contribution in [3.05, 3.63) is 12.3 Å². The monoisotopic (exact) mass is 216 g/mol. The average Bonchev–Trinajstić information content (AvgIpc) is 2.14. The van der Waals surface area contributed by atoms with E-state index in [9.17, 15) is 0 Å². The molecule has 0 saturated heterocycles. The molecule has 0 saturated carbocycles. The standard InChI is InChI=1S/C10H24OSi2/c1-7-12(5,6)11-13(8-2,9-3)10-4/h7H,1,8-10H2,2-6H3. The molecule has 0 N–H and O–H groups in total. The van der Waals surface area contributed by atoms with Gasteiger partial charge in [0.15, 0.2) is 16.6 Å².